The Hall–Kier alpha value is -3.73. The molecule has 27 heavy (non-hydrogen) atoms. The molecule has 0 saturated heterocycles. The lowest BCUT2D eigenvalue weighted by Crippen LogP contribution is -2.20. The van der Waals surface area contributed by atoms with Crippen molar-refractivity contribution in [2.75, 3.05) is 0 Å². The standard InChI is InChI=1S/C22H18N4O/c27-21(24-14-17-5-4-10-23-12-17)9-8-16-11-19-20(15-26-22(19)25-13-16)18-6-2-1-3-7-18/h1-13,15H,14H2,(H,24,27)(H,25,26)/b9-8+. The van der Waals surface area contributed by atoms with E-state index in [0.717, 1.165) is 33.3 Å². The van der Waals surface area contributed by atoms with Crippen LogP contribution in [0.2, 0.25) is 0 Å². The van der Waals surface area contributed by atoms with Crippen molar-refractivity contribution in [2.45, 2.75) is 6.54 Å². The second kappa shape index (κ2) is 7.66. The molecule has 3 heterocycles. The van der Waals surface area contributed by atoms with E-state index in [-0.39, 0.29) is 5.91 Å². The van der Waals surface area contributed by atoms with E-state index in [1.165, 1.54) is 6.08 Å². The van der Waals surface area contributed by atoms with Crippen LogP contribution in [0.3, 0.4) is 0 Å². The third-order valence-electron chi connectivity index (χ3n) is 4.25. The Bertz CT molecular complexity index is 1090. The first-order valence-electron chi connectivity index (χ1n) is 8.67. The molecule has 5 nitrogen and oxygen atoms in total. The summed E-state index contributed by atoms with van der Waals surface area (Å²) < 4.78 is 0. The minimum absolute atomic E-state index is 0.156. The lowest BCUT2D eigenvalue weighted by molar-refractivity contribution is -0.116. The quantitative estimate of drug-likeness (QED) is 0.533. The van der Waals surface area contributed by atoms with E-state index in [1.54, 1.807) is 24.7 Å². The Morgan fingerprint density at radius 1 is 1.11 bits per heavy atom. The molecule has 0 bridgehead atoms. The Kier molecular flexibility index (Phi) is 4.74. The van der Waals surface area contributed by atoms with Gasteiger partial charge in [-0.05, 0) is 34.9 Å². The molecule has 132 valence electrons. The lowest BCUT2D eigenvalue weighted by atomic mass is 10.1. The van der Waals surface area contributed by atoms with Crippen molar-refractivity contribution < 1.29 is 4.79 Å². The molecule has 5 heteroatoms. The van der Waals surface area contributed by atoms with Crippen molar-refractivity contribution in [2.24, 2.45) is 0 Å². The average Bonchev–Trinajstić information content (AvgIpc) is 3.15. The summed E-state index contributed by atoms with van der Waals surface area (Å²) in [7, 11) is 0. The highest BCUT2D eigenvalue weighted by Crippen LogP contribution is 2.28. The van der Waals surface area contributed by atoms with Crippen LogP contribution in [0, 0.1) is 0 Å². The summed E-state index contributed by atoms with van der Waals surface area (Å²) >= 11 is 0. The van der Waals surface area contributed by atoms with Gasteiger partial charge in [0.25, 0.3) is 0 Å². The Balaban J connectivity index is 1.50. The lowest BCUT2D eigenvalue weighted by Gasteiger charge is -2.02. The minimum Gasteiger partial charge on any atom is -0.348 e. The maximum Gasteiger partial charge on any atom is 0.244 e. The van der Waals surface area contributed by atoms with E-state index in [1.807, 2.05) is 42.6 Å². The van der Waals surface area contributed by atoms with E-state index in [9.17, 15) is 4.79 Å². The van der Waals surface area contributed by atoms with E-state index in [0.29, 0.717) is 6.54 Å². The van der Waals surface area contributed by atoms with Gasteiger partial charge in [0, 0.05) is 48.4 Å². The molecular formula is C22H18N4O. The number of hydrogen-bond donors (Lipinski definition) is 2. The van der Waals surface area contributed by atoms with Crippen LogP contribution >= 0.6 is 0 Å². The number of amides is 1. The Labute approximate surface area is 156 Å². The second-order valence-electron chi connectivity index (χ2n) is 6.15. The average molecular weight is 354 g/mol. The molecule has 0 atom stereocenters. The number of carbonyl (C=O) groups is 1. The molecule has 0 spiro atoms. The number of aromatic nitrogens is 3. The fourth-order valence-electron chi connectivity index (χ4n) is 2.89. The Morgan fingerprint density at radius 2 is 2.00 bits per heavy atom. The van der Waals surface area contributed by atoms with Crippen LogP contribution < -0.4 is 5.32 Å². The van der Waals surface area contributed by atoms with Gasteiger partial charge in [0.1, 0.15) is 5.65 Å². The molecule has 2 N–H and O–H groups in total. The first-order chi connectivity index (χ1) is 13.3. The van der Waals surface area contributed by atoms with Crippen LogP contribution in [0.5, 0.6) is 0 Å². The number of rotatable bonds is 5. The summed E-state index contributed by atoms with van der Waals surface area (Å²) in [5.74, 6) is -0.156. The summed E-state index contributed by atoms with van der Waals surface area (Å²) in [6, 6.07) is 16.0. The number of carbonyl (C=O) groups excluding carboxylic acids is 1. The summed E-state index contributed by atoms with van der Waals surface area (Å²) in [6.07, 6.45) is 10.4. The number of pyridine rings is 2. The number of hydrogen-bond acceptors (Lipinski definition) is 3. The van der Waals surface area contributed by atoms with Gasteiger partial charge in [-0.2, -0.15) is 0 Å². The fourth-order valence-corrected chi connectivity index (χ4v) is 2.89. The molecule has 3 aromatic heterocycles. The van der Waals surface area contributed by atoms with Crippen LogP contribution in [0.1, 0.15) is 11.1 Å². The zero-order valence-electron chi connectivity index (χ0n) is 14.6. The van der Waals surface area contributed by atoms with Gasteiger partial charge in [-0.3, -0.25) is 9.78 Å². The van der Waals surface area contributed by atoms with Crippen molar-refractivity contribution in [1.29, 1.82) is 0 Å². The first kappa shape index (κ1) is 16.7. The van der Waals surface area contributed by atoms with Gasteiger partial charge in [0.05, 0.1) is 0 Å². The van der Waals surface area contributed by atoms with Gasteiger partial charge >= 0.3 is 0 Å². The van der Waals surface area contributed by atoms with Gasteiger partial charge in [0.2, 0.25) is 5.91 Å². The molecule has 4 rings (SSSR count). The van der Waals surface area contributed by atoms with Gasteiger partial charge in [-0.15, -0.1) is 0 Å². The Morgan fingerprint density at radius 3 is 2.81 bits per heavy atom. The van der Waals surface area contributed by atoms with Crippen molar-refractivity contribution in [1.82, 2.24) is 20.3 Å². The summed E-state index contributed by atoms with van der Waals surface area (Å²) in [5, 5.41) is 3.87. The van der Waals surface area contributed by atoms with Gasteiger partial charge in [0.15, 0.2) is 0 Å². The predicted octanol–water partition coefficient (Wildman–Crippen LogP) is 3.95. The van der Waals surface area contributed by atoms with Crippen molar-refractivity contribution in [3.05, 3.63) is 90.5 Å². The topological polar surface area (TPSA) is 70.7 Å². The molecule has 0 saturated carbocycles. The molecule has 0 radical (unpaired) electrons. The number of benzene rings is 1. The van der Waals surface area contributed by atoms with E-state index >= 15 is 0 Å². The van der Waals surface area contributed by atoms with E-state index in [2.05, 4.69) is 32.4 Å². The fraction of sp³-hybridized carbons (Fsp3) is 0.0455. The number of nitrogens with zero attached hydrogens (tertiary/aromatic N) is 2. The first-order valence-corrected chi connectivity index (χ1v) is 8.67. The van der Waals surface area contributed by atoms with Crippen LogP contribution in [-0.4, -0.2) is 20.9 Å². The highest BCUT2D eigenvalue weighted by Gasteiger charge is 2.07. The molecule has 4 aromatic rings. The summed E-state index contributed by atoms with van der Waals surface area (Å²) in [5.41, 5.74) is 4.88. The van der Waals surface area contributed by atoms with Crippen LogP contribution in [-0.2, 0) is 11.3 Å². The summed E-state index contributed by atoms with van der Waals surface area (Å²) in [4.78, 5) is 23.7. The maximum atomic E-state index is 12.0. The molecule has 0 aliphatic rings. The van der Waals surface area contributed by atoms with Crippen LogP contribution in [0.25, 0.3) is 28.2 Å². The van der Waals surface area contributed by atoms with Crippen LogP contribution in [0.15, 0.2) is 79.4 Å². The molecule has 0 aliphatic carbocycles. The van der Waals surface area contributed by atoms with Crippen LogP contribution in [0.4, 0.5) is 0 Å². The minimum atomic E-state index is -0.156. The van der Waals surface area contributed by atoms with Crippen molar-refractivity contribution >= 4 is 23.0 Å². The summed E-state index contributed by atoms with van der Waals surface area (Å²) in [6.45, 7) is 0.449. The van der Waals surface area contributed by atoms with E-state index in [4.69, 9.17) is 0 Å². The third-order valence-corrected chi connectivity index (χ3v) is 4.25. The zero-order chi connectivity index (χ0) is 18.5. The van der Waals surface area contributed by atoms with E-state index < -0.39 is 0 Å². The van der Waals surface area contributed by atoms with Gasteiger partial charge in [-0.25, -0.2) is 4.98 Å². The highest BCUT2D eigenvalue weighted by molar-refractivity contribution is 5.96. The number of nitrogens with one attached hydrogen (secondary N) is 2. The molecule has 1 amide bonds. The normalized spacial score (nSPS) is 11.1. The molecule has 1 aromatic carbocycles. The highest BCUT2D eigenvalue weighted by atomic mass is 16.1. The smallest absolute Gasteiger partial charge is 0.244 e. The third kappa shape index (κ3) is 3.93. The van der Waals surface area contributed by atoms with Crippen molar-refractivity contribution in [3.63, 3.8) is 0 Å². The molecule has 0 fully saturated rings. The van der Waals surface area contributed by atoms with Crippen molar-refractivity contribution in [3.8, 4) is 11.1 Å². The molecule has 0 unspecified atom stereocenters. The number of H-pyrrole nitrogens is 1. The van der Waals surface area contributed by atoms with Gasteiger partial charge < -0.3 is 10.3 Å². The predicted molar refractivity (Wildman–Crippen MR) is 107 cm³/mol. The molecule has 0 aliphatic heterocycles. The molecular weight excluding hydrogens is 336 g/mol. The van der Waals surface area contributed by atoms with Gasteiger partial charge in [-0.1, -0.05) is 36.4 Å². The number of aromatic amines is 1. The SMILES string of the molecule is O=C(/C=C/c1cnc2[nH]cc(-c3ccccc3)c2c1)NCc1cccnc1. The largest absolute Gasteiger partial charge is 0.348 e. The maximum absolute atomic E-state index is 12.0. The number of fused-ring (bicyclic) bond motifs is 1. The second-order valence-corrected chi connectivity index (χ2v) is 6.15. The zero-order valence-corrected chi connectivity index (χ0v) is 14.6. The monoisotopic (exact) mass is 354 g/mol.